The fraction of sp³-hybridized carbons (Fsp3) is 0.444. The van der Waals surface area contributed by atoms with Crippen molar-refractivity contribution in [3.63, 3.8) is 0 Å². The van der Waals surface area contributed by atoms with Crippen molar-refractivity contribution in [2.24, 2.45) is 0 Å². The van der Waals surface area contributed by atoms with Gasteiger partial charge in [-0.3, -0.25) is 4.79 Å². The van der Waals surface area contributed by atoms with Crippen LogP contribution < -0.4 is 15.1 Å². The Hall–Kier alpha value is -3.57. The number of nitrogens with zero attached hydrogens (tertiary/aromatic N) is 6. The summed E-state index contributed by atoms with van der Waals surface area (Å²) >= 11 is 0. The highest BCUT2D eigenvalue weighted by Gasteiger charge is 2.31. The molecule has 8 heteroatoms. The predicted molar refractivity (Wildman–Crippen MR) is 137 cm³/mol. The number of fused-ring (bicyclic) bond motifs is 1. The molecule has 1 amide bonds. The van der Waals surface area contributed by atoms with Crippen LogP contribution in [-0.2, 0) is 0 Å². The molecule has 3 aliphatic rings. The van der Waals surface area contributed by atoms with E-state index in [9.17, 15) is 10.1 Å². The highest BCUT2D eigenvalue weighted by atomic mass is 16.2. The minimum Gasteiger partial charge on any atom is -0.368 e. The van der Waals surface area contributed by atoms with Crippen molar-refractivity contribution >= 4 is 28.4 Å². The van der Waals surface area contributed by atoms with Crippen LogP contribution >= 0.6 is 0 Å². The summed E-state index contributed by atoms with van der Waals surface area (Å²) in [5.74, 6) is 1.11. The maximum absolute atomic E-state index is 12.4. The topological polar surface area (TPSA) is 80.4 Å². The second kappa shape index (κ2) is 8.90. The molecule has 1 saturated carbocycles. The van der Waals surface area contributed by atoms with Gasteiger partial charge in [-0.1, -0.05) is 0 Å². The van der Waals surface area contributed by atoms with E-state index in [0.29, 0.717) is 17.6 Å². The number of aromatic nitrogens is 2. The van der Waals surface area contributed by atoms with E-state index in [1.807, 2.05) is 30.3 Å². The molecule has 1 aromatic carbocycles. The zero-order valence-corrected chi connectivity index (χ0v) is 20.2. The fourth-order valence-electron chi connectivity index (χ4n) is 5.42. The summed E-state index contributed by atoms with van der Waals surface area (Å²) in [4.78, 5) is 24.1. The maximum Gasteiger partial charge on any atom is 0.253 e. The summed E-state index contributed by atoms with van der Waals surface area (Å²) in [7, 11) is 2.01. The van der Waals surface area contributed by atoms with Crippen molar-refractivity contribution in [1.82, 2.24) is 19.8 Å². The van der Waals surface area contributed by atoms with E-state index >= 15 is 0 Å². The van der Waals surface area contributed by atoms with E-state index in [2.05, 4.69) is 50.0 Å². The molecule has 8 nitrogen and oxygen atoms in total. The van der Waals surface area contributed by atoms with E-state index in [-0.39, 0.29) is 5.91 Å². The van der Waals surface area contributed by atoms with Crippen LogP contribution in [0.25, 0.3) is 11.0 Å². The SMILES string of the molecule is CN[C@H]1C[C@H](n2cc(C#N)c3ccc(N4CCN(c5ccc(C(=O)N6CCC6)cc5)CC4)nc32)C1. The molecule has 6 rings (SSSR count). The first-order valence-electron chi connectivity index (χ1n) is 12.6. The number of hydrogen-bond acceptors (Lipinski definition) is 6. The Morgan fingerprint density at radius 1 is 1.00 bits per heavy atom. The van der Waals surface area contributed by atoms with E-state index in [1.165, 1.54) is 0 Å². The van der Waals surface area contributed by atoms with Crippen LogP contribution in [0.1, 0.15) is 41.2 Å². The maximum atomic E-state index is 12.4. The number of carbonyl (C=O) groups is 1. The lowest BCUT2D eigenvalue weighted by Gasteiger charge is -2.37. The standard InChI is InChI=1S/C27H31N7O/c1-29-21-15-23(16-21)34-18-20(17-28)24-7-8-25(30-26(24)34)32-13-11-31(12-14-32)22-5-3-19(4-6-22)27(35)33-9-2-10-33/h3-8,18,21,23,29H,2,9-16H2,1H3/t21-,23-. The number of hydrogen-bond donors (Lipinski definition) is 1. The number of pyridine rings is 1. The van der Waals surface area contributed by atoms with Gasteiger partial charge in [0, 0.05) is 74.2 Å². The first-order chi connectivity index (χ1) is 17.1. The summed E-state index contributed by atoms with van der Waals surface area (Å²) in [5, 5.41) is 13.9. The largest absolute Gasteiger partial charge is 0.368 e. The average Bonchev–Trinajstić information content (AvgIpc) is 3.20. The molecule has 0 spiro atoms. The van der Waals surface area contributed by atoms with Crippen molar-refractivity contribution in [3.05, 3.63) is 53.7 Å². The number of amides is 1. The number of nitrogens with one attached hydrogen (secondary N) is 1. The Kier molecular flexibility index (Phi) is 5.57. The van der Waals surface area contributed by atoms with Gasteiger partial charge in [0.25, 0.3) is 5.91 Å². The van der Waals surface area contributed by atoms with Gasteiger partial charge in [-0.2, -0.15) is 5.26 Å². The summed E-state index contributed by atoms with van der Waals surface area (Å²) < 4.78 is 2.21. The number of benzene rings is 1. The highest BCUT2D eigenvalue weighted by molar-refractivity contribution is 5.95. The number of piperazine rings is 1. The number of anilines is 2. The third-order valence-corrected chi connectivity index (χ3v) is 7.92. The molecule has 35 heavy (non-hydrogen) atoms. The lowest BCUT2D eigenvalue weighted by Crippen LogP contribution is -2.47. The van der Waals surface area contributed by atoms with Crippen LogP contribution in [0.4, 0.5) is 11.5 Å². The van der Waals surface area contributed by atoms with Gasteiger partial charge >= 0.3 is 0 Å². The van der Waals surface area contributed by atoms with Gasteiger partial charge in [0.2, 0.25) is 0 Å². The zero-order valence-electron chi connectivity index (χ0n) is 20.2. The molecule has 2 aliphatic heterocycles. The number of likely N-dealkylation sites (tertiary alicyclic amines) is 1. The fourth-order valence-corrected chi connectivity index (χ4v) is 5.42. The van der Waals surface area contributed by atoms with E-state index in [4.69, 9.17) is 4.98 Å². The quantitative estimate of drug-likeness (QED) is 0.619. The van der Waals surface area contributed by atoms with Crippen LogP contribution in [0.15, 0.2) is 42.6 Å². The molecule has 0 atom stereocenters. The normalized spacial score (nSPS) is 22.0. The van der Waals surface area contributed by atoms with Gasteiger partial charge < -0.3 is 24.6 Å². The van der Waals surface area contributed by atoms with E-state index in [1.54, 1.807) is 0 Å². The summed E-state index contributed by atoms with van der Waals surface area (Å²) in [6.07, 6.45) is 5.22. The van der Waals surface area contributed by atoms with Gasteiger partial charge in [-0.25, -0.2) is 4.98 Å². The number of carbonyl (C=O) groups excluding carboxylic acids is 1. The van der Waals surface area contributed by atoms with Gasteiger partial charge in [0.05, 0.1) is 5.56 Å². The Bertz CT molecular complexity index is 1270. The van der Waals surface area contributed by atoms with Crippen molar-refractivity contribution < 1.29 is 4.79 Å². The molecule has 1 N–H and O–H groups in total. The highest BCUT2D eigenvalue weighted by Crippen LogP contribution is 2.36. The minimum atomic E-state index is 0.141. The lowest BCUT2D eigenvalue weighted by molar-refractivity contribution is 0.0652. The van der Waals surface area contributed by atoms with E-state index in [0.717, 1.165) is 86.6 Å². The van der Waals surface area contributed by atoms with Crippen LogP contribution in [-0.4, -0.2) is 72.7 Å². The van der Waals surface area contributed by atoms with Crippen LogP contribution in [0.5, 0.6) is 0 Å². The lowest BCUT2D eigenvalue weighted by atomic mass is 9.87. The summed E-state index contributed by atoms with van der Waals surface area (Å²) in [6.45, 7) is 5.31. The molecule has 3 fully saturated rings. The summed E-state index contributed by atoms with van der Waals surface area (Å²) in [6, 6.07) is 15.4. The molecule has 4 heterocycles. The van der Waals surface area contributed by atoms with Crippen molar-refractivity contribution in [2.75, 3.05) is 56.1 Å². The first-order valence-corrected chi connectivity index (χ1v) is 12.6. The molecule has 180 valence electrons. The third-order valence-electron chi connectivity index (χ3n) is 7.92. The Balaban J connectivity index is 1.15. The smallest absolute Gasteiger partial charge is 0.253 e. The van der Waals surface area contributed by atoms with Crippen LogP contribution in [0.3, 0.4) is 0 Å². The Morgan fingerprint density at radius 2 is 1.71 bits per heavy atom. The molecule has 1 aliphatic carbocycles. The van der Waals surface area contributed by atoms with Crippen LogP contribution in [0.2, 0.25) is 0 Å². The van der Waals surface area contributed by atoms with Gasteiger partial charge in [-0.15, -0.1) is 0 Å². The Labute approximate surface area is 205 Å². The Morgan fingerprint density at radius 3 is 2.34 bits per heavy atom. The van der Waals surface area contributed by atoms with Gasteiger partial charge in [0.15, 0.2) is 0 Å². The second-order valence-electron chi connectivity index (χ2n) is 9.88. The molecule has 2 aromatic heterocycles. The number of nitriles is 1. The van der Waals surface area contributed by atoms with Crippen molar-refractivity contribution in [1.29, 1.82) is 5.26 Å². The van der Waals surface area contributed by atoms with Crippen molar-refractivity contribution in [3.8, 4) is 6.07 Å². The van der Waals surface area contributed by atoms with E-state index < -0.39 is 0 Å². The number of rotatable bonds is 5. The molecular weight excluding hydrogens is 438 g/mol. The van der Waals surface area contributed by atoms with Gasteiger partial charge in [0.1, 0.15) is 17.5 Å². The average molecular weight is 470 g/mol. The minimum absolute atomic E-state index is 0.141. The van der Waals surface area contributed by atoms with Crippen LogP contribution in [0, 0.1) is 11.3 Å². The molecule has 0 unspecified atom stereocenters. The molecule has 0 radical (unpaired) electrons. The molecule has 2 saturated heterocycles. The molecular formula is C27H31N7O. The summed E-state index contributed by atoms with van der Waals surface area (Å²) in [5.41, 5.74) is 3.55. The molecule has 0 bridgehead atoms. The van der Waals surface area contributed by atoms with Crippen molar-refractivity contribution in [2.45, 2.75) is 31.3 Å². The predicted octanol–water partition coefficient (Wildman–Crippen LogP) is 3.00. The second-order valence-corrected chi connectivity index (χ2v) is 9.88. The monoisotopic (exact) mass is 469 g/mol. The van der Waals surface area contributed by atoms with Gasteiger partial charge in [-0.05, 0) is 62.7 Å². The molecule has 3 aromatic rings. The zero-order chi connectivity index (χ0) is 23.9. The third kappa shape index (κ3) is 3.90. The first kappa shape index (κ1) is 21.9.